The molecule has 2 rings (SSSR count). The van der Waals surface area contributed by atoms with Crippen LogP contribution in [0.2, 0.25) is 0 Å². The lowest BCUT2D eigenvalue weighted by Crippen LogP contribution is -2.34. The van der Waals surface area contributed by atoms with Gasteiger partial charge in [-0.25, -0.2) is 10.2 Å². The Morgan fingerprint density at radius 3 is 2.56 bits per heavy atom. The lowest BCUT2D eigenvalue weighted by atomic mass is 9.70. The van der Waals surface area contributed by atoms with Gasteiger partial charge in [-0.3, -0.25) is 4.79 Å². The van der Waals surface area contributed by atoms with Crippen LogP contribution in [0.5, 0.6) is 0 Å². The third-order valence-corrected chi connectivity index (χ3v) is 4.58. The number of primary amides is 1. The standard InChI is InChI=1S/C11H17N3O2/c1-10(2)6-4-5-11(10,3)8(15)7(6)13-14-9(12)16/h6H,4-5H2,1-3H3,(H3,12,14,16)/t6-,11-/m1/s1. The van der Waals surface area contributed by atoms with Crippen molar-refractivity contribution < 1.29 is 9.59 Å². The number of Topliss-reactive ketones (excluding diaryl/α,β-unsaturated/α-hetero) is 1. The predicted octanol–water partition coefficient (Wildman–Crippen LogP) is 1.04. The molecule has 0 saturated heterocycles. The van der Waals surface area contributed by atoms with Gasteiger partial charge in [0.1, 0.15) is 5.71 Å². The second-order valence-electron chi connectivity index (χ2n) is 5.45. The molecule has 0 aromatic rings. The summed E-state index contributed by atoms with van der Waals surface area (Å²) in [6.07, 6.45) is 1.85. The van der Waals surface area contributed by atoms with E-state index in [1.807, 2.05) is 6.92 Å². The van der Waals surface area contributed by atoms with Crippen molar-refractivity contribution in [3.8, 4) is 0 Å². The van der Waals surface area contributed by atoms with Crippen LogP contribution < -0.4 is 11.2 Å². The van der Waals surface area contributed by atoms with E-state index in [0.29, 0.717) is 5.71 Å². The maximum absolute atomic E-state index is 12.2. The van der Waals surface area contributed by atoms with Crippen LogP contribution in [0.25, 0.3) is 0 Å². The largest absolute Gasteiger partial charge is 0.350 e. The highest BCUT2D eigenvalue weighted by Crippen LogP contribution is 2.62. The monoisotopic (exact) mass is 223 g/mol. The highest BCUT2D eigenvalue weighted by Gasteiger charge is 2.65. The summed E-state index contributed by atoms with van der Waals surface area (Å²) in [6, 6.07) is -0.731. The number of urea groups is 1. The van der Waals surface area contributed by atoms with Crippen LogP contribution in [-0.2, 0) is 4.79 Å². The van der Waals surface area contributed by atoms with Gasteiger partial charge in [0.25, 0.3) is 0 Å². The molecule has 0 radical (unpaired) electrons. The summed E-state index contributed by atoms with van der Waals surface area (Å²) in [5.41, 5.74) is 7.18. The quantitative estimate of drug-likeness (QED) is 0.651. The fraction of sp³-hybridized carbons (Fsp3) is 0.727. The molecule has 0 aromatic carbocycles. The van der Waals surface area contributed by atoms with Crippen LogP contribution in [0.15, 0.2) is 5.10 Å². The Bertz CT molecular complexity index is 400. The van der Waals surface area contributed by atoms with Gasteiger partial charge in [0.15, 0.2) is 5.78 Å². The minimum atomic E-state index is -0.731. The van der Waals surface area contributed by atoms with Crippen LogP contribution >= 0.6 is 0 Å². The van der Waals surface area contributed by atoms with Crippen molar-refractivity contribution in [2.45, 2.75) is 33.6 Å². The molecule has 3 N–H and O–H groups in total. The molecule has 2 amide bonds. The fourth-order valence-electron chi connectivity index (χ4n) is 3.07. The van der Waals surface area contributed by atoms with Gasteiger partial charge in [0.2, 0.25) is 0 Å². The normalized spacial score (nSPS) is 38.1. The molecule has 2 bridgehead atoms. The summed E-state index contributed by atoms with van der Waals surface area (Å²) >= 11 is 0. The van der Waals surface area contributed by atoms with E-state index in [-0.39, 0.29) is 22.5 Å². The topological polar surface area (TPSA) is 84.6 Å². The zero-order chi connectivity index (χ0) is 12.1. The molecule has 2 saturated carbocycles. The Morgan fingerprint density at radius 2 is 2.12 bits per heavy atom. The first-order chi connectivity index (χ1) is 7.30. The number of carbonyl (C=O) groups excluding carboxylic acids is 2. The van der Waals surface area contributed by atoms with Crippen molar-refractivity contribution in [1.82, 2.24) is 5.43 Å². The molecule has 16 heavy (non-hydrogen) atoms. The summed E-state index contributed by atoms with van der Waals surface area (Å²) in [6.45, 7) is 6.17. The zero-order valence-electron chi connectivity index (χ0n) is 9.83. The van der Waals surface area contributed by atoms with Crippen LogP contribution in [0, 0.1) is 16.7 Å². The van der Waals surface area contributed by atoms with Crippen LogP contribution in [-0.4, -0.2) is 17.5 Å². The highest BCUT2D eigenvalue weighted by molar-refractivity contribution is 6.45. The number of nitrogens with zero attached hydrogens (tertiary/aromatic N) is 1. The molecule has 2 aliphatic rings. The molecule has 2 atom stereocenters. The first kappa shape index (κ1) is 11.1. The fourth-order valence-corrected chi connectivity index (χ4v) is 3.07. The van der Waals surface area contributed by atoms with E-state index in [1.165, 1.54) is 0 Å². The second-order valence-corrected chi connectivity index (χ2v) is 5.45. The van der Waals surface area contributed by atoms with Gasteiger partial charge in [0.05, 0.1) is 0 Å². The minimum Gasteiger partial charge on any atom is -0.350 e. The first-order valence-electron chi connectivity index (χ1n) is 5.48. The summed E-state index contributed by atoms with van der Waals surface area (Å²) in [7, 11) is 0. The van der Waals surface area contributed by atoms with Gasteiger partial charge in [-0.15, -0.1) is 0 Å². The number of amides is 2. The molecule has 2 fully saturated rings. The molecule has 0 aliphatic heterocycles. The number of rotatable bonds is 1. The molecule has 0 unspecified atom stereocenters. The van der Waals surface area contributed by atoms with Gasteiger partial charge < -0.3 is 5.73 Å². The smallest absolute Gasteiger partial charge is 0.332 e. The van der Waals surface area contributed by atoms with E-state index in [1.54, 1.807) is 0 Å². The number of fused-ring (bicyclic) bond motifs is 2. The number of nitrogens with two attached hydrogens (primary N) is 1. The Morgan fingerprint density at radius 1 is 1.50 bits per heavy atom. The Hall–Kier alpha value is -1.39. The van der Waals surface area contributed by atoms with Gasteiger partial charge in [-0.05, 0) is 18.3 Å². The van der Waals surface area contributed by atoms with Crippen LogP contribution in [0.1, 0.15) is 33.6 Å². The summed E-state index contributed by atoms with van der Waals surface area (Å²) in [5, 5.41) is 3.87. The van der Waals surface area contributed by atoms with Gasteiger partial charge in [0, 0.05) is 11.3 Å². The molecule has 0 aromatic heterocycles. The van der Waals surface area contributed by atoms with Crippen molar-refractivity contribution in [3.05, 3.63) is 0 Å². The summed E-state index contributed by atoms with van der Waals surface area (Å²) < 4.78 is 0. The molecular weight excluding hydrogens is 206 g/mol. The predicted molar refractivity (Wildman–Crippen MR) is 59.8 cm³/mol. The average molecular weight is 223 g/mol. The van der Waals surface area contributed by atoms with E-state index >= 15 is 0 Å². The lowest BCUT2D eigenvalue weighted by molar-refractivity contribution is -0.123. The van der Waals surface area contributed by atoms with E-state index < -0.39 is 6.03 Å². The van der Waals surface area contributed by atoms with Gasteiger partial charge in [-0.2, -0.15) is 5.10 Å². The molecule has 0 heterocycles. The molecule has 2 aliphatic carbocycles. The Labute approximate surface area is 94.5 Å². The van der Waals surface area contributed by atoms with Gasteiger partial charge in [-0.1, -0.05) is 20.8 Å². The molecule has 5 heteroatoms. The number of nitrogens with one attached hydrogen (secondary N) is 1. The molecule has 88 valence electrons. The van der Waals surface area contributed by atoms with Crippen molar-refractivity contribution >= 4 is 17.5 Å². The molecular formula is C11H17N3O2. The summed E-state index contributed by atoms with van der Waals surface area (Å²) in [5.74, 6) is 0.194. The van der Waals surface area contributed by atoms with Crippen molar-refractivity contribution in [2.75, 3.05) is 0 Å². The minimum absolute atomic E-state index is 0.0579. The third-order valence-electron chi connectivity index (χ3n) is 4.58. The SMILES string of the molecule is CC1(C)[C@@H]2CC[C@]1(C)C(=O)C2=NNC(N)=O. The van der Waals surface area contributed by atoms with E-state index in [4.69, 9.17) is 5.73 Å². The van der Waals surface area contributed by atoms with Gasteiger partial charge >= 0.3 is 6.03 Å². The van der Waals surface area contributed by atoms with Crippen molar-refractivity contribution in [1.29, 1.82) is 0 Å². The van der Waals surface area contributed by atoms with E-state index in [0.717, 1.165) is 12.8 Å². The van der Waals surface area contributed by atoms with Crippen molar-refractivity contribution in [2.24, 2.45) is 27.6 Å². The molecule has 0 spiro atoms. The average Bonchev–Trinajstić information content (AvgIpc) is 2.47. The maximum Gasteiger partial charge on any atom is 0.332 e. The van der Waals surface area contributed by atoms with Crippen molar-refractivity contribution in [3.63, 3.8) is 0 Å². The maximum atomic E-state index is 12.2. The van der Waals surface area contributed by atoms with Crippen LogP contribution in [0.4, 0.5) is 4.79 Å². The summed E-state index contributed by atoms with van der Waals surface area (Å²) in [4.78, 5) is 22.8. The highest BCUT2D eigenvalue weighted by atomic mass is 16.2. The third kappa shape index (κ3) is 1.14. The number of hydrazone groups is 1. The second kappa shape index (κ2) is 3.06. The number of ketones is 1. The number of hydrogen-bond donors (Lipinski definition) is 2. The lowest BCUT2D eigenvalue weighted by Gasteiger charge is -2.31. The van der Waals surface area contributed by atoms with E-state index in [9.17, 15) is 9.59 Å². The number of hydrogen-bond acceptors (Lipinski definition) is 3. The Kier molecular flexibility index (Phi) is 2.12. The zero-order valence-corrected chi connectivity index (χ0v) is 9.83. The van der Waals surface area contributed by atoms with Crippen LogP contribution in [0.3, 0.4) is 0 Å². The number of carbonyl (C=O) groups is 2. The first-order valence-corrected chi connectivity index (χ1v) is 5.48. The Balaban J connectivity index is 2.37. The van der Waals surface area contributed by atoms with E-state index in [2.05, 4.69) is 24.4 Å². The molecule has 5 nitrogen and oxygen atoms in total.